The van der Waals surface area contributed by atoms with Gasteiger partial charge in [-0.15, -0.1) is 0 Å². The molecule has 0 aromatic heterocycles. The minimum absolute atomic E-state index is 0.0748. The van der Waals surface area contributed by atoms with Gasteiger partial charge < -0.3 is 10.2 Å². The smallest absolute Gasteiger partial charge is 0.239 e. The van der Waals surface area contributed by atoms with Gasteiger partial charge in [0.05, 0.1) is 6.04 Å². The molecule has 19 heavy (non-hydrogen) atoms. The Morgan fingerprint density at radius 2 is 2.05 bits per heavy atom. The van der Waals surface area contributed by atoms with Crippen LogP contribution in [0.4, 0.5) is 4.39 Å². The number of hydrogen-bond acceptors (Lipinski definition) is 2. The third kappa shape index (κ3) is 3.77. The van der Waals surface area contributed by atoms with E-state index in [-0.39, 0.29) is 17.8 Å². The zero-order valence-electron chi connectivity index (χ0n) is 11.5. The average molecular weight is 264 g/mol. The third-order valence-corrected chi connectivity index (χ3v) is 3.69. The highest BCUT2D eigenvalue weighted by Gasteiger charge is 2.27. The van der Waals surface area contributed by atoms with Crippen molar-refractivity contribution in [1.82, 2.24) is 10.2 Å². The van der Waals surface area contributed by atoms with Gasteiger partial charge in [-0.25, -0.2) is 4.39 Å². The van der Waals surface area contributed by atoms with Crippen LogP contribution in [0.25, 0.3) is 0 Å². The number of likely N-dealkylation sites (N-methyl/N-ethyl adjacent to an activating group) is 1. The van der Waals surface area contributed by atoms with E-state index < -0.39 is 0 Å². The van der Waals surface area contributed by atoms with E-state index in [9.17, 15) is 9.18 Å². The Hall–Kier alpha value is -1.42. The Balaban J connectivity index is 1.94. The van der Waals surface area contributed by atoms with Crippen LogP contribution in [0.15, 0.2) is 24.3 Å². The van der Waals surface area contributed by atoms with Gasteiger partial charge in [-0.05, 0) is 49.4 Å². The summed E-state index contributed by atoms with van der Waals surface area (Å²) in [5.74, 6) is 0.430. The summed E-state index contributed by atoms with van der Waals surface area (Å²) in [5.41, 5.74) is 1.14. The molecule has 0 bridgehead atoms. The second kappa shape index (κ2) is 6.15. The van der Waals surface area contributed by atoms with E-state index in [0.29, 0.717) is 5.92 Å². The maximum atomic E-state index is 12.9. The lowest BCUT2D eigenvalue weighted by Crippen LogP contribution is -2.48. The summed E-state index contributed by atoms with van der Waals surface area (Å²) in [6.07, 6.45) is 2.84. The minimum atomic E-state index is -0.199. The summed E-state index contributed by atoms with van der Waals surface area (Å²) < 4.78 is 12.9. The Morgan fingerprint density at radius 3 is 2.68 bits per heavy atom. The molecule has 2 rings (SSSR count). The molecule has 1 aliphatic heterocycles. The number of nitrogens with one attached hydrogen (secondary N) is 1. The predicted octanol–water partition coefficient (Wildman–Crippen LogP) is 1.82. The van der Waals surface area contributed by atoms with Crippen LogP contribution in [0.3, 0.4) is 0 Å². The Kier molecular flexibility index (Phi) is 4.53. The standard InChI is InChI=1S/C15H21FN2O/c1-18(2)15(19)14-10-12(7-8-17-14)9-11-3-5-13(16)6-4-11/h3-6,12,14,17H,7-10H2,1-2H3. The lowest BCUT2D eigenvalue weighted by Gasteiger charge is -2.31. The SMILES string of the molecule is CN(C)C(=O)C1CC(Cc2ccc(F)cc2)CCN1. The van der Waals surface area contributed by atoms with Gasteiger partial charge in [0.1, 0.15) is 5.82 Å². The zero-order valence-corrected chi connectivity index (χ0v) is 11.5. The normalized spacial score (nSPS) is 23.1. The first-order valence-electron chi connectivity index (χ1n) is 6.75. The lowest BCUT2D eigenvalue weighted by molar-refractivity contribution is -0.131. The first-order valence-corrected chi connectivity index (χ1v) is 6.75. The highest BCUT2D eigenvalue weighted by Crippen LogP contribution is 2.22. The van der Waals surface area contributed by atoms with Crippen molar-refractivity contribution in [3.05, 3.63) is 35.6 Å². The maximum absolute atomic E-state index is 12.9. The molecule has 0 spiro atoms. The second-order valence-corrected chi connectivity index (χ2v) is 5.46. The first kappa shape index (κ1) is 14.0. The van der Waals surface area contributed by atoms with Crippen LogP contribution in [0.5, 0.6) is 0 Å². The van der Waals surface area contributed by atoms with E-state index in [4.69, 9.17) is 0 Å². The van der Waals surface area contributed by atoms with Gasteiger partial charge >= 0.3 is 0 Å². The molecule has 104 valence electrons. The number of carbonyl (C=O) groups excluding carboxylic acids is 1. The minimum Gasteiger partial charge on any atom is -0.347 e. The molecule has 1 aliphatic rings. The van der Waals surface area contributed by atoms with Gasteiger partial charge in [0, 0.05) is 14.1 Å². The third-order valence-electron chi connectivity index (χ3n) is 3.69. The van der Waals surface area contributed by atoms with E-state index >= 15 is 0 Å². The molecule has 1 heterocycles. The maximum Gasteiger partial charge on any atom is 0.239 e. The van der Waals surface area contributed by atoms with Crippen LogP contribution in [-0.4, -0.2) is 37.5 Å². The molecule has 1 aromatic carbocycles. The van der Waals surface area contributed by atoms with Gasteiger partial charge in [-0.2, -0.15) is 0 Å². The molecule has 0 radical (unpaired) electrons. The molecule has 0 saturated carbocycles. The Bertz CT molecular complexity index is 430. The molecular formula is C15H21FN2O. The van der Waals surface area contributed by atoms with E-state index in [1.165, 1.54) is 12.1 Å². The van der Waals surface area contributed by atoms with Crippen molar-refractivity contribution in [3.63, 3.8) is 0 Å². The fourth-order valence-electron chi connectivity index (χ4n) is 2.64. The number of piperidine rings is 1. The van der Waals surface area contributed by atoms with Crippen molar-refractivity contribution in [2.24, 2.45) is 5.92 Å². The van der Waals surface area contributed by atoms with E-state index in [0.717, 1.165) is 31.4 Å². The van der Waals surface area contributed by atoms with Gasteiger partial charge in [-0.3, -0.25) is 4.79 Å². The number of halogens is 1. The van der Waals surface area contributed by atoms with Gasteiger partial charge in [0.15, 0.2) is 0 Å². The van der Waals surface area contributed by atoms with Crippen LogP contribution in [-0.2, 0) is 11.2 Å². The van der Waals surface area contributed by atoms with Crippen molar-refractivity contribution >= 4 is 5.91 Å². The number of carbonyl (C=O) groups is 1. The molecule has 3 nitrogen and oxygen atoms in total. The van der Waals surface area contributed by atoms with Crippen LogP contribution in [0.2, 0.25) is 0 Å². The number of hydrogen-bond donors (Lipinski definition) is 1. The highest BCUT2D eigenvalue weighted by atomic mass is 19.1. The number of amides is 1. The van der Waals surface area contributed by atoms with Crippen molar-refractivity contribution < 1.29 is 9.18 Å². The number of rotatable bonds is 3. The molecule has 1 aromatic rings. The van der Waals surface area contributed by atoms with Gasteiger partial charge in [0.25, 0.3) is 0 Å². The van der Waals surface area contributed by atoms with Crippen molar-refractivity contribution in [2.75, 3.05) is 20.6 Å². The fourth-order valence-corrected chi connectivity index (χ4v) is 2.64. The summed E-state index contributed by atoms with van der Waals surface area (Å²) >= 11 is 0. The topological polar surface area (TPSA) is 32.3 Å². The Labute approximate surface area is 113 Å². The molecule has 1 N–H and O–H groups in total. The predicted molar refractivity (Wildman–Crippen MR) is 73.3 cm³/mol. The molecular weight excluding hydrogens is 243 g/mol. The zero-order chi connectivity index (χ0) is 13.8. The quantitative estimate of drug-likeness (QED) is 0.903. The monoisotopic (exact) mass is 264 g/mol. The Morgan fingerprint density at radius 1 is 1.37 bits per heavy atom. The van der Waals surface area contributed by atoms with E-state index in [1.807, 2.05) is 12.1 Å². The molecule has 2 unspecified atom stereocenters. The van der Waals surface area contributed by atoms with Crippen molar-refractivity contribution in [2.45, 2.75) is 25.3 Å². The van der Waals surface area contributed by atoms with E-state index in [1.54, 1.807) is 19.0 Å². The van der Waals surface area contributed by atoms with Crippen LogP contribution in [0.1, 0.15) is 18.4 Å². The lowest BCUT2D eigenvalue weighted by atomic mass is 9.87. The highest BCUT2D eigenvalue weighted by molar-refractivity contribution is 5.81. The van der Waals surface area contributed by atoms with Crippen LogP contribution in [0, 0.1) is 11.7 Å². The number of benzene rings is 1. The molecule has 1 saturated heterocycles. The van der Waals surface area contributed by atoms with Gasteiger partial charge in [-0.1, -0.05) is 12.1 Å². The van der Waals surface area contributed by atoms with Crippen molar-refractivity contribution in [1.29, 1.82) is 0 Å². The molecule has 0 aliphatic carbocycles. The summed E-state index contributed by atoms with van der Waals surface area (Å²) in [4.78, 5) is 13.6. The number of nitrogens with zero attached hydrogens (tertiary/aromatic N) is 1. The summed E-state index contributed by atoms with van der Waals surface area (Å²) in [7, 11) is 3.57. The van der Waals surface area contributed by atoms with Crippen LogP contribution < -0.4 is 5.32 Å². The van der Waals surface area contributed by atoms with Crippen LogP contribution >= 0.6 is 0 Å². The first-order chi connectivity index (χ1) is 9.06. The largest absolute Gasteiger partial charge is 0.347 e. The van der Waals surface area contributed by atoms with E-state index in [2.05, 4.69) is 5.32 Å². The molecule has 1 fully saturated rings. The summed E-state index contributed by atoms with van der Waals surface area (Å²) in [6.45, 7) is 0.871. The molecule has 2 atom stereocenters. The second-order valence-electron chi connectivity index (χ2n) is 5.46. The molecule has 1 amide bonds. The van der Waals surface area contributed by atoms with Crippen molar-refractivity contribution in [3.8, 4) is 0 Å². The average Bonchev–Trinajstić information content (AvgIpc) is 2.41. The van der Waals surface area contributed by atoms with Gasteiger partial charge in [0.2, 0.25) is 5.91 Å². The summed E-state index contributed by atoms with van der Waals surface area (Å²) in [6, 6.07) is 6.59. The summed E-state index contributed by atoms with van der Waals surface area (Å²) in [5, 5.41) is 3.27. The fraction of sp³-hybridized carbons (Fsp3) is 0.533. The molecule has 4 heteroatoms.